The predicted octanol–water partition coefficient (Wildman–Crippen LogP) is -0.0354. The molecular weight excluding hydrogens is 87.0 g/mol. The Morgan fingerprint density at radius 2 is 2.29 bits per heavy atom. The molecule has 3 heteroatoms. The van der Waals surface area contributed by atoms with E-state index < -0.39 is 5.97 Å². The van der Waals surface area contributed by atoms with Crippen LogP contribution in [0.15, 0.2) is 12.7 Å². The molecule has 0 aliphatic carbocycles. The minimum atomic E-state index is -0.394. The molecule has 0 atom stereocenters. The molecule has 0 heterocycles. The first-order chi connectivity index (χ1) is 2.81. The Bertz CT molecular complexity index is 70.1. The SMILES string of the molecule is C=CC(=O)OC.[Li]. The summed E-state index contributed by atoms with van der Waals surface area (Å²) in [5.74, 6) is -0.394. The number of rotatable bonds is 1. The molecule has 0 aromatic rings. The number of carbonyl (C=O) groups excluding carboxylic acids is 1. The van der Waals surface area contributed by atoms with Gasteiger partial charge in [0.2, 0.25) is 0 Å². The molecular formula is C4H6LiO2. The summed E-state index contributed by atoms with van der Waals surface area (Å²) in [4.78, 5) is 9.84. The van der Waals surface area contributed by atoms with Gasteiger partial charge in [0.25, 0.3) is 0 Å². The normalized spacial score (nSPS) is 5.86. The molecule has 0 saturated heterocycles. The van der Waals surface area contributed by atoms with Gasteiger partial charge in [-0.05, 0) is 0 Å². The summed E-state index contributed by atoms with van der Waals surface area (Å²) < 4.78 is 4.14. The summed E-state index contributed by atoms with van der Waals surface area (Å²) in [5.41, 5.74) is 0. The third-order valence-electron chi connectivity index (χ3n) is 0.368. The van der Waals surface area contributed by atoms with Gasteiger partial charge in [-0.3, -0.25) is 0 Å². The molecule has 0 N–H and O–H groups in total. The smallest absolute Gasteiger partial charge is 0.329 e. The fourth-order valence-electron chi connectivity index (χ4n) is 0.0833. The molecule has 0 aliphatic rings. The molecule has 7 heavy (non-hydrogen) atoms. The Morgan fingerprint density at radius 3 is 2.29 bits per heavy atom. The average Bonchev–Trinajstić information content (AvgIpc) is 1.65. The summed E-state index contributed by atoms with van der Waals surface area (Å²) in [6.07, 6.45) is 1.11. The fourth-order valence-corrected chi connectivity index (χ4v) is 0.0833. The Labute approximate surface area is 54.7 Å². The molecule has 0 rings (SSSR count). The minimum absolute atomic E-state index is 0. The quantitative estimate of drug-likeness (QED) is 0.258. The van der Waals surface area contributed by atoms with Crippen molar-refractivity contribution in [1.82, 2.24) is 0 Å². The number of esters is 1. The number of hydrogen-bond acceptors (Lipinski definition) is 2. The van der Waals surface area contributed by atoms with Crippen molar-refractivity contribution < 1.29 is 9.53 Å². The van der Waals surface area contributed by atoms with Crippen molar-refractivity contribution >= 4 is 24.8 Å². The molecule has 0 spiro atoms. The van der Waals surface area contributed by atoms with Crippen LogP contribution in [0, 0.1) is 0 Å². The maximum Gasteiger partial charge on any atom is 0.329 e. The molecule has 0 saturated carbocycles. The van der Waals surface area contributed by atoms with Gasteiger partial charge < -0.3 is 4.74 Å². The summed E-state index contributed by atoms with van der Waals surface area (Å²) in [7, 11) is 1.31. The van der Waals surface area contributed by atoms with E-state index in [0.29, 0.717) is 0 Å². The summed E-state index contributed by atoms with van der Waals surface area (Å²) >= 11 is 0. The molecule has 1 radical (unpaired) electrons. The zero-order valence-corrected chi connectivity index (χ0v) is 4.60. The first-order valence-electron chi connectivity index (χ1n) is 1.51. The van der Waals surface area contributed by atoms with Gasteiger partial charge in [0.05, 0.1) is 7.11 Å². The first-order valence-corrected chi connectivity index (χ1v) is 1.51. The van der Waals surface area contributed by atoms with E-state index in [2.05, 4.69) is 11.3 Å². The van der Waals surface area contributed by atoms with E-state index in [4.69, 9.17) is 0 Å². The first kappa shape index (κ1) is 9.93. The molecule has 0 amide bonds. The van der Waals surface area contributed by atoms with Crippen molar-refractivity contribution in [3.05, 3.63) is 12.7 Å². The van der Waals surface area contributed by atoms with Crippen LogP contribution in [0.25, 0.3) is 0 Å². The van der Waals surface area contributed by atoms with Crippen LogP contribution in [0.3, 0.4) is 0 Å². The zero-order valence-electron chi connectivity index (χ0n) is 4.60. The standard InChI is InChI=1S/C4H6O2.Li/c1-3-4(5)6-2;/h3H,1H2,2H3;. The Hall–Kier alpha value is -0.193. The minimum Gasteiger partial charge on any atom is -0.466 e. The topological polar surface area (TPSA) is 26.3 Å². The second kappa shape index (κ2) is 5.81. The van der Waals surface area contributed by atoms with Crippen molar-refractivity contribution in [2.75, 3.05) is 7.11 Å². The second-order valence-corrected chi connectivity index (χ2v) is 0.727. The number of ether oxygens (including phenoxy) is 1. The fraction of sp³-hybridized carbons (Fsp3) is 0.250. The Balaban J connectivity index is 0. The van der Waals surface area contributed by atoms with Gasteiger partial charge in [0.15, 0.2) is 0 Å². The van der Waals surface area contributed by atoms with Crippen molar-refractivity contribution in [1.29, 1.82) is 0 Å². The van der Waals surface area contributed by atoms with Gasteiger partial charge in [-0.25, -0.2) is 4.79 Å². The van der Waals surface area contributed by atoms with Crippen molar-refractivity contribution in [3.63, 3.8) is 0 Å². The van der Waals surface area contributed by atoms with Gasteiger partial charge in [-0.2, -0.15) is 0 Å². The van der Waals surface area contributed by atoms with Crippen molar-refractivity contribution in [2.45, 2.75) is 0 Å². The second-order valence-electron chi connectivity index (χ2n) is 0.727. The number of hydrogen-bond donors (Lipinski definition) is 0. The van der Waals surface area contributed by atoms with Gasteiger partial charge >= 0.3 is 5.97 Å². The predicted molar refractivity (Wildman–Crippen MR) is 28.0 cm³/mol. The molecule has 0 aromatic heterocycles. The van der Waals surface area contributed by atoms with Crippen LogP contribution in [0.1, 0.15) is 0 Å². The van der Waals surface area contributed by atoms with Crippen molar-refractivity contribution in [3.8, 4) is 0 Å². The zero-order chi connectivity index (χ0) is 4.99. The van der Waals surface area contributed by atoms with Crippen LogP contribution in [0.2, 0.25) is 0 Å². The molecule has 0 fully saturated rings. The van der Waals surface area contributed by atoms with Crippen LogP contribution >= 0.6 is 0 Å². The molecule has 2 nitrogen and oxygen atoms in total. The largest absolute Gasteiger partial charge is 0.466 e. The molecule has 0 bridgehead atoms. The summed E-state index contributed by atoms with van der Waals surface area (Å²) in [5, 5.41) is 0. The number of methoxy groups -OCH3 is 1. The summed E-state index contributed by atoms with van der Waals surface area (Å²) in [6, 6.07) is 0. The Morgan fingerprint density at radius 1 is 1.86 bits per heavy atom. The van der Waals surface area contributed by atoms with E-state index >= 15 is 0 Å². The maximum absolute atomic E-state index is 9.84. The average molecular weight is 93.0 g/mol. The molecule has 0 unspecified atom stereocenters. The maximum atomic E-state index is 9.84. The van der Waals surface area contributed by atoms with E-state index in [-0.39, 0.29) is 18.9 Å². The molecule has 0 aromatic carbocycles. The van der Waals surface area contributed by atoms with E-state index in [1.54, 1.807) is 0 Å². The number of carbonyl (C=O) groups is 1. The molecule has 0 aliphatic heterocycles. The van der Waals surface area contributed by atoms with E-state index in [1.165, 1.54) is 7.11 Å². The van der Waals surface area contributed by atoms with Gasteiger partial charge in [0, 0.05) is 24.9 Å². The monoisotopic (exact) mass is 93.1 g/mol. The van der Waals surface area contributed by atoms with Crippen LogP contribution < -0.4 is 0 Å². The van der Waals surface area contributed by atoms with Crippen LogP contribution in [0.5, 0.6) is 0 Å². The van der Waals surface area contributed by atoms with E-state index in [9.17, 15) is 4.79 Å². The van der Waals surface area contributed by atoms with Crippen molar-refractivity contribution in [2.24, 2.45) is 0 Å². The third-order valence-corrected chi connectivity index (χ3v) is 0.368. The van der Waals surface area contributed by atoms with Crippen LogP contribution in [-0.2, 0) is 9.53 Å². The van der Waals surface area contributed by atoms with Crippen LogP contribution in [0.4, 0.5) is 0 Å². The summed E-state index contributed by atoms with van der Waals surface area (Å²) in [6.45, 7) is 3.16. The van der Waals surface area contributed by atoms with Gasteiger partial charge in [0.1, 0.15) is 0 Å². The van der Waals surface area contributed by atoms with E-state index in [0.717, 1.165) is 6.08 Å². The van der Waals surface area contributed by atoms with Gasteiger partial charge in [-0.1, -0.05) is 6.58 Å². The Kier molecular flexibility index (Phi) is 8.24. The van der Waals surface area contributed by atoms with E-state index in [1.807, 2.05) is 0 Å². The van der Waals surface area contributed by atoms with Gasteiger partial charge in [-0.15, -0.1) is 0 Å². The third kappa shape index (κ3) is 5.81. The molecule has 35 valence electrons. The van der Waals surface area contributed by atoms with Crippen LogP contribution in [-0.4, -0.2) is 31.9 Å².